The molecular weight excluding hydrogens is 224 g/mol. The Hall–Kier alpha value is -0.720. The van der Waals surface area contributed by atoms with Gasteiger partial charge in [0.1, 0.15) is 10.7 Å². The van der Waals surface area contributed by atoms with Gasteiger partial charge in [0.25, 0.3) is 0 Å². The summed E-state index contributed by atoms with van der Waals surface area (Å²) in [6, 6.07) is 0. The molecule has 90 valence electrons. The second kappa shape index (κ2) is 4.65. The highest BCUT2D eigenvalue weighted by Gasteiger charge is 2.32. The van der Waals surface area contributed by atoms with Crippen molar-refractivity contribution in [2.45, 2.75) is 37.8 Å². The molecule has 0 bridgehead atoms. The van der Waals surface area contributed by atoms with Gasteiger partial charge in [-0.1, -0.05) is 17.3 Å². The molecule has 0 amide bonds. The molecule has 1 heterocycles. The van der Waals surface area contributed by atoms with Gasteiger partial charge in [0, 0.05) is 24.6 Å². The van der Waals surface area contributed by atoms with E-state index < -0.39 is 5.60 Å². The van der Waals surface area contributed by atoms with Gasteiger partial charge >= 0.3 is 0 Å². The van der Waals surface area contributed by atoms with Crippen LogP contribution < -0.4 is 5.73 Å². The molecule has 1 fully saturated rings. The molecule has 0 unspecified atom stereocenters. The summed E-state index contributed by atoms with van der Waals surface area (Å²) in [4.78, 5) is 2.07. The van der Waals surface area contributed by atoms with E-state index in [4.69, 9.17) is 5.73 Å². The number of nitrogen functional groups attached to an aromatic ring is 1. The zero-order valence-corrected chi connectivity index (χ0v) is 10.3. The van der Waals surface area contributed by atoms with Crippen molar-refractivity contribution in [3.05, 3.63) is 5.69 Å². The lowest BCUT2D eigenvalue weighted by Gasteiger charge is -2.28. The van der Waals surface area contributed by atoms with E-state index in [0.717, 1.165) is 31.4 Å². The third-order valence-electron chi connectivity index (χ3n) is 3.10. The van der Waals surface area contributed by atoms with Crippen LogP contribution in [0.3, 0.4) is 0 Å². The topological polar surface area (TPSA) is 75.3 Å². The molecule has 1 aromatic heterocycles. The molecule has 1 saturated carbocycles. The number of aliphatic hydroxyl groups is 1. The Labute approximate surface area is 99.4 Å². The first kappa shape index (κ1) is 11.8. The van der Waals surface area contributed by atoms with Crippen LogP contribution in [0.4, 0.5) is 5.00 Å². The van der Waals surface area contributed by atoms with Gasteiger partial charge < -0.3 is 10.8 Å². The molecule has 1 aromatic rings. The molecule has 1 aliphatic rings. The Balaban J connectivity index is 1.89. The van der Waals surface area contributed by atoms with Crippen LogP contribution in [0.5, 0.6) is 0 Å². The van der Waals surface area contributed by atoms with E-state index in [2.05, 4.69) is 14.5 Å². The van der Waals surface area contributed by atoms with Crippen molar-refractivity contribution < 1.29 is 5.11 Å². The fourth-order valence-corrected chi connectivity index (χ4v) is 2.77. The number of aromatic nitrogens is 2. The molecule has 5 nitrogen and oxygen atoms in total. The first-order valence-corrected chi connectivity index (χ1v) is 6.34. The van der Waals surface area contributed by atoms with Crippen LogP contribution in [-0.2, 0) is 6.54 Å². The Morgan fingerprint density at radius 3 is 2.75 bits per heavy atom. The van der Waals surface area contributed by atoms with Crippen molar-refractivity contribution >= 4 is 16.5 Å². The Morgan fingerprint density at radius 2 is 2.19 bits per heavy atom. The van der Waals surface area contributed by atoms with Crippen molar-refractivity contribution in [1.82, 2.24) is 14.5 Å². The van der Waals surface area contributed by atoms with Gasteiger partial charge in [-0.15, -0.1) is 5.10 Å². The van der Waals surface area contributed by atoms with Crippen LogP contribution in [0.2, 0.25) is 0 Å². The zero-order chi connectivity index (χ0) is 11.6. The van der Waals surface area contributed by atoms with Crippen LogP contribution in [0.15, 0.2) is 0 Å². The number of likely N-dealkylation sites (N-methyl/N-ethyl adjacent to an activating group) is 1. The van der Waals surface area contributed by atoms with Crippen LogP contribution in [0, 0.1) is 0 Å². The van der Waals surface area contributed by atoms with Crippen molar-refractivity contribution in [2.24, 2.45) is 0 Å². The number of rotatable bonds is 4. The number of hydrogen-bond donors (Lipinski definition) is 2. The van der Waals surface area contributed by atoms with Crippen LogP contribution in [0.25, 0.3) is 0 Å². The van der Waals surface area contributed by atoms with Gasteiger partial charge in [-0.2, -0.15) is 0 Å². The summed E-state index contributed by atoms with van der Waals surface area (Å²) in [5.41, 5.74) is 6.04. The van der Waals surface area contributed by atoms with Gasteiger partial charge in [-0.25, -0.2) is 0 Å². The monoisotopic (exact) mass is 242 g/mol. The van der Waals surface area contributed by atoms with E-state index in [1.54, 1.807) is 0 Å². The van der Waals surface area contributed by atoms with Crippen molar-refractivity contribution in [2.75, 3.05) is 19.3 Å². The normalized spacial score (nSPS) is 19.4. The van der Waals surface area contributed by atoms with Crippen molar-refractivity contribution in [3.63, 3.8) is 0 Å². The van der Waals surface area contributed by atoms with E-state index >= 15 is 0 Å². The summed E-state index contributed by atoms with van der Waals surface area (Å²) >= 11 is 1.22. The minimum Gasteiger partial charge on any atom is -0.389 e. The number of hydrogen-bond acceptors (Lipinski definition) is 6. The van der Waals surface area contributed by atoms with Gasteiger partial charge in [-0.05, 0) is 19.9 Å². The molecule has 2 rings (SSSR count). The predicted molar refractivity (Wildman–Crippen MR) is 64.1 cm³/mol. The molecule has 0 radical (unpaired) electrons. The maximum absolute atomic E-state index is 10.3. The van der Waals surface area contributed by atoms with Gasteiger partial charge in [0.2, 0.25) is 0 Å². The summed E-state index contributed by atoms with van der Waals surface area (Å²) in [5.74, 6) is 0. The van der Waals surface area contributed by atoms with Crippen molar-refractivity contribution in [3.8, 4) is 0 Å². The molecule has 6 heteroatoms. The maximum Gasteiger partial charge on any atom is 0.132 e. The lowest BCUT2D eigenvalue weighted by atomic mass is 10.0. The van der Waals surface area contributed by atoms with Crippen LogP contribution in [-0.4, -0.2) is 38.8 Å². The van der Waals surface area contributed by atoms with Crippen molar-refractivity contribution in [1.29, 1.82) is 0 Å². The predicted octanol–water partition coefficient (Wildman–Crippen LogP) is 0.857. The van der Waals surface area contributed by atoms with Gasteiger partial charge in [0.15, 0.2) is 0 Å². The average molecular weight is 242 g/mol. The molecule has 0 aromatic carbocycles. The standard InChI is InChI=1S/C10H18N4OS/c1-14(6-8-9(11)16-13-12-8)7-10(15)4-2-3-5-10/h15H,2-7,11H2,1H3. The molecule has 0 spiro atoms. The number of nitrogens with zero attached hydrogens (tertiary/aromatic N) is 3. The SMILES string of the molecule is CN(Cc1nnsc1N)CC1(O)CCCC1. The second-order valence-electron chi connectivity index (χ2n) is 4.69. The minimum absolute atomic E-state index is 0.507. The van der Waals surface area contributed by atoms with Gasteiger partial charge in [-0.3, -0.25) is 4.90 Å². The Morgan fingerprint density at radius 1 is 1.50 bits per heavy atom. The van der Waals surface area contributed by atoms with E-state index in [0.29, 0.717) is 18.1 Å². The molecule has 0 aliphatic heterocycles. The van der Waals surface area contributed by atoms with E-state index in [9.17, 15) is 5.11 Å². The third kappa shape index (κ3) is 2.69. The van der Waals surface area contributed by atoms with Gasteiger partial charge in [0.05, 0.1) is 5.60 Å². The smallest absolute Gasteiger partial charge is 0.132 e. The summed E-state index contributed by atoms with van der Waals surface area (Å²) in [6.07, 6.45) is 4.07. The largest absolute Gasteiger partial charge is 0.389 e. The van der Waals surface area contributed by atoms with E-state index in [1.807, 2.05) is 7.05 Å². The van der Waals surface area contributed by atoms with Crippen LogP contribution >= 0.6 is 11.5 Å². The highest BCUT2D eigenvalue weighted by Crippen LogP contribution is 2.30. The Kier molecular flexibility index (Phi) is 3.41. The number of anilines is 1. The van der Waals surface area contributed by atoms with E-state index in [1.165, 1.54) is 11.5 Å². The quantitative estimate of drug-likeness (QED) is 0.819. The fourth-order valence-electron chi connectivity index (χ4n) is 2.33. The number of nitrogens with two attached hydrogens (primary N) is 1. The minimum atomic E-state index is -0.507. The highest BCUT2D eigenvalue weighted by molar-refractivity contribution is 7.09. The Bertz CT molecular complexity index is 348. The maximum atomic E-state index is 10.3. The fraction of sp³-hybridized carbons (Fsp3) is 0.800. The molecular formula is C10H18N4OS. The first-order chi connectivity index (χ1) is 7.59. The molecule has 3 N–H and O–H groups in total. The summed E-state index contributed by atoms with van der Waals surface area (Å²) in [5, 5.41) is 14.9. The lowest BCUT2D eigenvalue weighted by molar-refractivity contribution is 0.0143. The zero-order valence-electron chi connectivity index (χ0n) is 9.52. The average Bonchev–Trinajstić information content (AvgIpc) is 2.77. The molecule has 1 aliphatic carbocycles. The molecule has 0 atom stereocenters. The second-order valence-corrected chi connectivity index (χ2v) is 5.47. The van der Waals surface area contributed by atoms with Crippen LogP contribution in [0.1, 0.15) is 31.4 Å². The molecule has 16 heavy (non-hydrogen) atoms. The third-order valence-corrected chi connectivity index (χ3v) is 3.70. The van der Waals surface area contributed by atoms with E-state index in [-0.39, 0.29) is 0 Å². The first-order valence-electron chi connectivity index (χ1n) is 5.57. The lowest BCUT2D eigenvalue weighted by Crippen LogP contribution is -2.38. The highest BCUT2D eigenvalue weighted by atomic mass is 32.1. The molecule has 0 saturated heterocycles. The summed E-state index contributed by atoms with van der Waals surface area (Å²) < 4.78 is 3.80. The summed E-state index contributed by atoms with van der Waals surface area (Å²) in [7, 11) is 1.98. The summed E-state index contributed by atoms with van der Waals surface area (Å²) in [6.45, 7) is 1.34.